The van der Waals surface area contributed by atoms with Crippen LogP contribution in [0.1, 0.15) is 13.8 Å². The number of hydrogen-bond donors (Lipinski definition) is 2. The van der Waals surface area contributed by atoms with E-state index in [0.29, 0.717) is 11.4 Å². The summed E-state index contributed by atoms with van der Waals surface area (Å²) in [4.78, 5) is 31.1. The number of rotatable bonds is 8. The van der Waals surface area contributed by atoms with E-state index < -0.39 is 5.91 Å². The van der Waals surface area contributed by atoms with Crippen LogP contribution in [0.15, 0.2) is 73.4 Å². The van der Waals surface area contributed by atoms with Crippen LogP contribution in [-0.2, 0) is 4.79 Å². The number of nitrogens with zero attached hydrogens (tertiary/aromatic N) is 3. The maximum Gasteiger partial charge on any atom is 0.318 e. The summed E-state index contributed by atoms with van der Waals surface area (Å²) in [6.45, 7) is 7.37. The molecule has 0 aliphatic rings. The molecule has 1 heterocycles. The van der Waals surface area contributed by atoms with Gasteiger partial charge in [-0.25, -0.2) is 14.2 Å². The summed E-state index contributed by atoms with van der Waals surface area (Å²) in [7, 11) is 0. The predicted molar refractivity (Wildman–Crippen MR) is 123 cm³/mol. The van der Waals surface area contributed by atoms with Gasteiger partial charge in [-0.15, -0.1) is 6.58 Å². The van der Waals surface area contributed by atoms with E-state index in [0.717, 1.165) is 5.56 Å². The quantitative estimate of drug-likeness (QED) is 0.520. The second-order valence-corrected chi connectivity index (χ2v) is 7.48. The molecule has 3 rings (SSSR count). The van der Waals surface area contributed by atoms with Crippen LogP contribution >= 0.6 is 0 Å². The zero-order valence-electron chi connectivity index (χ0n) is 18.1. The second kappa shape index (κ2) is 10.4. The Kier molecular flexibility index (Phi) is 7.38. The van der Waals surface area contributed by atoms with Crippen LogP contribution < -0.4 is 10.6 Å². The van der Waals surface area contributed by atoms with Gasteiger partial charge in [0.15, 0.2) is 0 Å². The molecule has 0 bridgehead atoms. The Labute approximate surface area is 186 Å². The third-order valence-electron chi connectivity index (χ3n) is 4.51. The molecule has 0 aliphatic heterocycles. The number of hydrogen-bond acceptors (Lipinski definition) is 3. The van der Waals surface area contributed by atoms with Crippen LogP contribution in [0.4, 0.5) is 15.1 Å². The molecular weight excluding hydrogens is 409 g/mol. The highest BCUT2D eigenvalue weighted by Crippen LogP contribution is 2.24. The van der Waals surface area contributed by atoms with Crippen molar-refractivity contribution in [3.05, 3.63) is 79.3 Å². The van der Waals surface area contributed by atoms with Gasteiger partial charge in [-0.3, -0.25) is 14.7 Å². The van der Waals surface area contributed by atoms with Gasteiger partial charge in [0, 0.05) is 30.0 Å². The SMILES string of the molecule is C=CCN(CC(=O)Nc1nc(-c2ccccc2)cn1-c1ccc(F)cc1)C(=O)NC(C)C. The van der Waals surface area contributed by atoms with E-state index in [4.69, 9.17) is 0 Å². The van der Waals surface area contributed by atoms with Crippen molar-refractivity contribution in [1.29, 1.82) is 0 Å². The van der Waals surface area contributed by atoms with Crippen molar-refractivity contribution in [2.75, 3.05) is 18.4 Å². The van der Waals surface area contributed by atoms with Crippen molar-refractivity contribution in [3.63, 3.8) is 0 Å². The summed E-state index contributed by atoms with van der Waals surface area (Å²) >= 11 is 0. The molecule has 0 atom stereocenters. The van der Waals surface area contributed by atoms with Gasteiger partial charge in [0.05, 0.1) is 5.69 Å². The minimum atomic E-state index is -0.417. The molecule has 1 aromatic heterocycles. The first kappa shape index (κ1) is 22.7. The number of imidazole rings is 1. The Morgan fingerprint density at radius 1 is 1.16 bits per heavy atom. The number of carbonyl (C=O) groups excluding carboxylic acids is 2. The number of aromatic nitrogens is 2. The number of benzene rings is 2. The fraction of sp³-hybridized carbons (Fsp3) is 0.208. The van der Waals surface area contributed by atoms with E-state index in [1.807, 2.05) is 44.2 Å². The number of urea groups is 1. The maximum atomic E-state index is 13.4. The lowest BCUT2D eigenvalue weighted by atomic mass is 10.2. The molecule has 0 unspecified atom stereocenters. The average molecular weight is 436 g/mol. The molecule has 7 nitrogen and oxygen atoms in total. The van der Waals surface area contributed by atoms with E-state index in [-0.39, 0.29) is 36.9 Å². The summed E-state index contributed by atoms with van der Waals surface area (Å²) < 4.78 is 15.1. The number of nitrogens with one attached hydrogen (secondary N) is 2. The molecule has 2 N–H and O–H groups in total. The molecule has 0 radical (unpaired) electrons. The van der Waals surface area contributed by atoms with Gasteiger partial charge in [0.25, 0.3) is 0 Å². The molecule has 32 heavy (non-hydrogen) atoms. The van der Waals surface area contributed by atoms with Crippen LogP contribution in [0.3, 0.4) is 0 Å². The van der Waals surface area contributed by atoms with Crippen LogP contribution in [0.2, 0.25) is 0 Å². The molecular formula is C24H26FN5O2. The lowest BCUT2D eigenvalue weighted by Crippen LogP contribution is -2.46. The van der Waals surface area contributed by atoms with E-state index in [1.54, 1.807) is 29.0 Å². The number of carbonyl (C=O) groups is 2. The van der Waals surface area contributed by atoms with E-state index in [2.05, 4.69) is 22.2 Å². The van der Waals surface area contributed by atoms with Gasteiger partial charge in [-0.2, -0.15) is 0 Å². The highest BCUT2D eigenvalue weighted by molar-refractivity contribution is 5.93. The summed E-state index contributed by atoms with van der Waals surface area (Å²) in [5.41, 5.74) is 2.15. The third kappa shape index (κ3) is 5.81. The Balaban J connectivity index is 1.87. The lowest BCUT2D eigenvalue weighted by Gasteiger charge is -2.22. The normalized spacial score (nSPS) is 10.6. The van der Waals surface area contributed by atoms with Crippen molar-refractivity contribution in [3.8, 4) is 16.9 Å². The average Bonchev–Trinajstić information content (AvgIpc) is 3.17. The van der Waals surface area contributed by atoms with Crippen molar-refractivity contribution in [2.24, 2.45) is 0 Å². The molecule has 0 saturated heterocycles. The largest absolute Gasteiger partial charge is 0.336 e. The Hall–Kier alpha value is -3.94. The first-order valence-electron chi connectivity index (χ1n) is 10.2. The van der Waals surface area contributed by atoms with Crippen LogP contribution in [-0.4, -0.2) is 45.5 Å². The van der Waals surface area contributed by atoms with Crippen molar-refractivity contribution < 1.29 is 14.0 Å². The maximum absolute atomic E-state index is 13.4. The minimum Gasteiger partial charge on any atom is -0.336 e. The molecule has 2 aromatic carbocycles. The van der Waals surface area contributed by atoms with E-state index >= 15 is 0 Å². The Bertz CT molecular complexity index is 1080. The van der Waals surface area contributed by atoms with Gasteiger partial charge in [0.1, 0.15) is 12.4 Å². The molecule has 3 aromatic rings. The molecule has 3 amide bonds. The molecule has 166 valence electrons. The van der Waals surface area contributed by atoms with Crippen molar-refractivity contribution >= 4 is 17.9 Å². The number of amides is 3. The summed E-state index contributed by atoms with van der Waals surface area (Å²) in [6.07, 6.45) is 3.32. The smallest absolute Gasteiger partial charge is 0.318 e. The first-order valence-corrected chi connectivity index (χ1v) is 10.2. The third-order valence-corrected chi connectivity index (χ3v) is 4.51. The summed E-state index contributed by atoms with van der Waals surface area (Å²) in [6, 6.07) is 15.0. The van der Waals surface area contributed by atoms with Gasteiger partial charge >= 0.3 is 6.03 Å². The Morgan fingerprint density at radius 2 is 1.84 bits per heavy atom. The second-order valence-electron chi connectivity index (χ2n) is 7.48. The monoisotopic (exact) mass is 435 g/mol. The molecule has 0 fully saturated rings. The lowest BCUT2D eigenvalue weighted by molar-refractivity contribution is -0.116. The fourth-order valence-corrected chi connectivity index (χ4v) is 3.07. The standard InChI is InChI=1S/C24H26FN5O2/c1-4-14-29(24(32)26-17(2)3)16-22(31)28-23-27-21(18-8-6-5-7-9-18)15-30(23)20-12-10-19(25)11-13-20/h4-13,15,17H,1,14,16H2,2-3H3,(H,26,32)(H,27,28,31). The van der Waals surface area contributed by atoms with Crippen molar-refractivity contribution in [2.45, 2.75) is 19.9 Å². The first-order chi connectivity index (χ1) is 15.4. The fourth-order valence-electron chi connectivity index (χ4n) is 3.07. The van der Waals surface area contributed by atoms with E-state index in [1.165, 1.54) is 17.0 Å². The number of anilines is 1. The molecule has 8 heteroatoms. The van der Waals surface area contributed by atoms with Crippen LogP contribution in [0.25, 0.3) is 16.9 Å². The van der Waals surface area contributed by atoms with Gasteiger partial charge < -0.3 is 10.2 Å². The highest BCUT2D eigenvalue weighted by Gasteiger charge is 2.19. The Morgan fingerprint density at radius 3 is 2.47 bits per heavy atom. The van der Waals surface area contributed by atoms with E-state index in [9.17, 15) is 14.0 Å². The minimum absolute atomic E-state index is 0.0660. The number of halogens is 1. The van der Waals surface area contributed by atoms with Gasteiger partial charge in [-0.1, -0.05) is 36.4 Å². The highest BCUT2D eigenvalue weighted by atomic mass is 19.1. The molecule has 0 aliphatic carbocycles. The zero-order valence-corrected chi connectivity index (χ0v) is 18.1. The molecule has 0 spiro atoms. The predicted octanol–water partition coefficient (Wildman–Crippen LogP) is 4.22. The molecule has 0 saturated carbocycles. The summed E-state index contributed by atoms with van der Waals surface area (Å²) in [5.74, 6) is -0.512. The zero-order chi connectivity index (χ0) is 23.1. The topological polar surface area (TPSA) is 79.3 Å². The van der Waals surface area contributed by atoms with Crippen LogP contribution in [0.5, 0.6) is 0 Å². The van der Waals surface area contributed by atoms with Crippen molar-refractivity contribution in [1.82, 2.24) is 19.8 Å². The van der Waals surface area contributed by atoms with Gasteiger partial charge in [0.2, 0.25) is 11.9 Å². The van der Waals surface area contributed by atoms with Gasteiger partial charge in [-0.05, 0) is 38.1 Å². The summed E-state index contributed by atoms with van der Waals surface area (Å²) in [5, 5.41) is 5.54. The van der Waals surface area contributed by atoms with Crippen LogP contribution in [0, 0.1) is 5.82 Å².